The second-order valence-electron chi connectivity index (χ2n) is 4.15. The molecule has 0 unspecified atom stereocenters. The maximum atomic E-state index is 12.1. The second kappa shape index (κ2) is 5.03. The lowest BCUT2D eigenvalue weighted by molar-refractivity contribution is -0.114. The van der Waals surface area contributed by atoms with E-state index in [0.717, 1.165) is 0 Å². The van der Waals surface area contributed by atoms with Crippen LogP contribution in [0.2, 0.25) is 0 Å². The van der Waals surface area contributed by atoms with Gasteiger partial charge < -0.3 is 9.88 Å². The molecule has 1 N–H and O–H groups in total. The van der Waals surface area contributed by atoms with Gasteiger partial charge >= 0.3 is 0 Å². The van der Waals surface area contributed by atoms with E-state index in [4.69, 9.17) is 10.7 Å². The van der Waals surface area contributed by atoms with E-state index in [1.807, 2.05) is 0 Å². The van der Waals surface area contributed by atoms with Crippen LogP contribution in [-0.2, 0) is 18.4 Å². The summed E-state index contributed by atoms with van der Waals surface area (Å²) in [7, 11) is -1.40. The van der Waals surface area contributed by atoms with Crippen molar-refractivity contribution in [3.8, 4) is 0 Å². The number of halogens is 1. The molecule has 18 heavy (non-hydrogen) atoms. The summed E-state index contributed by atoms with van der Waals surface area (Å²) in [5, 5.41) is 2.79. The topological polar surface area (TPSA) is 80.3 Å². The molecule has 1 aromatic rings. The van der Waals surface area contributed by atoms with E-state index in [1.54, 1.807) is 0 Å². The fourth-order valence-electron chi connectivity index (χ4n) is 1.40. The molecule has 0 bridgehead atoms. The van der Waals surface area contributed by atoms with Crippen LogP contribution in [0.1, 0.15) is 6.92 Å². The van der Waals surface area contributed by atoms with Crippen LogP contribution in [-0.4, -0.2) is 27.7 Å². The minimum absolute atomic E-state index is 0.141. The van der Waals surface area contributed by atoms with Gasteiger partial charge in [-0.1, -0.05) is 0 Å². The Morgan fingerprint density at radius 1 is 1.33 bits per heavy atom. The van der Waals surface area contributed by atoms with Gasteiger partial charge in [-0.2, -0.15) is 0 Å². The van der Waals surface area contributed by atoms with Crippen LogP contribution < -0.4 is 10.6 Å². The Bertz CT molecular complexity index is 635. The number of hydrogen-bond donors (Lipinski definition) is 1. The van der Waals surface area contributed by atoms with Crippen LogP contribution in [0.3, 0.4) is 0 Å². The highest BCUT2D eigenvalue weighted by Gasteiger charge is 2.20. The number of benzene rings is 1. The molecule has 100 valence electrons. The Balaban J connectivity index is 3.49. The maximum Gasteiger partial charge on any atom is 0.261 e. The third-order valence-corrected chi connectivity index (χ3v) is 5.02. The Kier molecular flexibility index (Phi) is 4.26. The first-order valence-corrected chi connectivity index (χ1v) is 9.85. The SMILES string of the molecule is CC(=O)Nc1ccc(S(=O)(=O)Cl)cc1P(C)(C)=O. The molecule has 8 heteroatoms. The molecule has 0 fully saturated rings. The number of amides is 1. The molecule has 1 aromatic carbocycles. The van der Waals surface area contributed by atoms with Gasteiger partial charge in [0, 0.05) is 22.9 Å². The molecular formula is C10H13ClNO4PS. The van der Waals surface area contributed by atoms with Crippen molar-refractivity contribution in [2.24, 2.45) is 0 Å². The minimum atomic E-state index is -3.89. The van der Waals surface area contributed by atoms with E-state index in [9.17, 15) is 17.8 Å². The summed E-state index contributed by atoms with van der Waals surface area (Å²) in [5.41, 5.74) is 0.333. The van der Waals surface area contributed by atoms with Gasteiger partial charge in [-0.15, -0.1) is 0 Å². The van der Waals surface area contributed by atoms with Crippen LogP contribution >= 0.6 is 17.8 Å². The Morgan fingerprint density at radius 3 is 2.28 bits per heavy atom. The molecular weight excluding hydrogens is 297 g/mol. The first-order valence-electron chi connectivity index (χ1n) is 4.93. The van der Waals surface area contributed by atoms with Crippen molar-refractivity contribution in [2.75, 3.05) is 18.6 Å². The van der Waals surface area contributed by atoms with Gasteiger partial charge in [-0.25, -0.2) is 8.42 Å². The lowest BCUT2D eigenvalue weighted by atomic mass is 10.3. The average molecular weight is 310 g/mol. The van der Waals surface area contributed by atoms with Gasteiger partial charge in [0.2, 0.25) is 5.91 Å². The Hall–Kier alpha value is -0.840. The van der Waals surface area contributed by atoms with Crippen molar-refractivity contribution in [3.05, 3.63) is 18.2 Å². The van der Waals surface area contributed by atoms with E-state index in [0.29, 0.717) is 5.69 Å². The van der Waals surface area contributed by atoms with Gasteiger partial charge in [-0.05, 0) is 31.5 Å². The van der Waals surface area contributed by atoms with E-state index in [-0.39, 0.29) is 16.1 Å². The van der Waals surface area contributed by atoms with Crippen LogP contribution in [0.5, 0.6) is 0 Å². The summed E-state index contributed by atoms with van der Waals surface area (Å²) in [6.07, 6.45) is 0. The Labute approximate surface area is 110 Å². The average Bonchev–Trinajstić information content (AvgIpc) is 2.13. The van der Waals surface area contributed by atoms with E-state index in [1.165, 1.54) is 38.5 Å². The standard InChI is InChI=1S/C10H13ClNO4PS/c1-7(13)12-9-5-4-8(18(11,15)16)6-10(9)17(2,3)14/h4-6H,1-3H3,(H,12,13). The summed E-state index contributed by atoms with van der Waals surface area (Å²) in [6, 6.07) is 3.87. The van der Waals surface area contributed by atoms with Gasteiger partial charge in [0.25, 0.3) is 9.05 Å². The first-order chi connectivity index (χ1) is 8.01. The summed E-state index contributed by atoms with van der Waals surface area (Å²) in [6.45, 7) is 4.28. The molecule has 0 aliphatic rings. The molecule has 0 radical (unpaired) electrons. The van der Waals surface area contributed by atoms with Crippen molar-refractivity contribution >= 4 is 43.8 Å². The highest BCUT2D eigenvalue weighted by atomic mass is 35.7. The van der Waals surface area contributed by atoms with Crippen molar-refractivity contribution in [1.82, 2.24) is 0 Å². The van der Waals surface area contributed by atoms with E-state index >= 15 is 0 Å². The predicted octanol–water partition coefficient (Wildman–Crippen LogP) is 1.82. The number of nitrogens with one attached hydrogen (secondary N) is 1. The summed E-state index contributed by atoms with van der Waals surface area (Å²) >= 11 is 0. The minimum Gasteiger partial charge on any atom is -0.326 e. The molecule has 0 aromatic heterocycles. The summed E-state index contributed by atoms with van der Waals surface area (Å²) in [4.78, 5) is 10.9. The van der Waals surface area contributed by atoms with Crippen LogP contribution in [0.25, 0.3) is 0 Å². The highest BCUT2D eigenvalue weighted by Crippen LogP contribution is 2.38. The monoisotopic (exact) mass is 309 g/mol. The number of anilines is 1. The number of rotatable bonds is 3. The molecule has 0 heterocycles. The third kappa shape index (κ3) is 3.83. The smallest absolute Gasteiger partial charge is 0.261 e. The number of carbonyl (C=O) groups is 1. The van der Waals surface area contributed by atoms with Gasteiger partial charge in [0.05, 0.1) is 10.6 Å². The maximum absolute atomic E-state index is 12.1. The molecule has 5 nitrogen and oxygen atoms in total. The quantitative estimate of drug-likeness (QED) is 0.682. The molecule has 0 saturated carbocycles. The van der Waals surface area contributed by atoms with E-state index in [2.05, 4.69) is 5.32 Å². The highest BCUT2D eigenvalue weighted by molar-refractivity contribution is 8.13. The summed E-state index contributed by atoms with van der Waals surface area (Å²) < 4.78 is 34.6. The van der Waals surface area contributed by atoms with Crippen LogP contribution in [0.15, 0.2) is 23.1 Å². The van der Waals surface area contributed by atoms with Crippen LogP contribution in [0.4, 0.5) is 5.69 Å². The van der Waals surface area contributed by atoms with Gasteiger partial charge in [0.1, 0.15) is 7.14 Å². The fourth-order valence-corrected chi connectivity index (χ4v) is 3.43. The normalized spacial score (nSPS) is 12.2. The zero-order chi connectivity index (χ0) is 14.1. The van der Waals surface area contributed by atoms with Crippen molar-refractivity contribution in [1.29, 1.82) is 0 Å². The zero-order valence-electron chi connectivity index (χ0n) is 10.1. The lowest BCUT2D eigenvalue weighted by Crippen LogP contribution is -2.16. The number of carbonyl (C=O) groups excluding carboxylic acids is 1. The molecule has 1 rings (SSSR count). The molecule has 0 atom stereocenters. The van der Waals surface area contributed by atoms with E-state index < -0.39 is 16.2 Å². The lowest BCUT2D eigenvalue weighted by Gasteiger charge is -2.14. The zero-order valence-corrected chi connectivity index (χ0v) is 12.6. The van der Waals surface area contributed by atoms with Crippen LogP contribution in [0, 0.1) is 0 Å². The molecule has 0 aliphatic carbocycles. The fraction of sp³-hybridized carbons (Fsp3) is 0.300. The van der Waals surface area contributed by atoms with Gasteiger partial charge in [-0.3, -0.25) is 4.79 Å². The predicted molar refractivity (Wildman–Crippen MR) is 72.9 cm³/mol. The first kappa shape index (κ1) is 15.2. The number of hydrogen-bond acceptors (Lipinski definition) is 4. The second-order valence-corrected chi connectivity index (χ2v) is 9.90. The summed E-state index contributed by atoms with van der Waals surface area (Å²) in [5.74, 6) is -0.328. The molecule has 0 spiro atoms. The molecule has 0 aliphatic heterocycles. The largest absolute Gasteiger partial charge is 0.326 e. The Morgan fingerprint density at radius 2 is 1.89 bits per heavy atom. The molecule has 1 amide bonds. The molecule has 0 saturated heterocycles. The van der Waals surface area contributed by atoms with Crippen molar-refractivity contribution < 1.29 is 17.8 Å². The van der Waals surface area contributed by atoms with Crippen molar-refractivity contribution in [3.63, 3.8) is 0 Å². The van der Waals surface area contributed by atoms with Gasteiger partial charge in [0.15, 0.2) is 0 Å². The van der Waals surface area contributed by atoms with Crippen molar-refractivity contribution in [2.45, 2.75) is 11.8 Å². The third-order valence-electron chi connectivity index (χ3n) is 2.14.